The molecule has 1 heterocycles. The highest BCUT2D eigenvalue weighted by Crippen LogP contribution is 2.38. The van der Waals surface area contributed by atoms with Crippen molar-refractivity contribution in [1.29, 1.82) is 0 Å². The zero-order valence-electron chi connectivity index (χ0n) is 17.8. The van der Waals surface area contributed by atoms with E-state index >= 15 is 0 Å². The first-order valence-corrected chi connectivity index (χ1v) is 9.55. The quantitative estimate of drug-likeness (QED) is 0.385. The van der Waals surface area contributed by atoms with Gasteiger partial charge in [-0.05, 0) is 36.8 Å². The molecule has 35 heavy (non-hydrogen) atoms. The largest absolute Gasteiger partial charge is 0.468 e. The molecule has 194 valence electrons. The maximum absolute atomic E-state index is 13.3. The number of esters is 2. The minimum atomic E-state index is -5.20. The van der Waals surface area contributed by atoms with Gasteiger partial charge in [-0.15, -0.1) is 0 Å². The van der Waals surface area contributed by atoms with E-state index in [-0.39, 0.29) is 30.5 Å². The van der Waals surface area contributed by atoms with Crippen LogP contribution in [0.1, 0.15) is 51.4 Å². The van der Waals surface area contributed by atoms with Crippen LogP contribution in [-0.4, -0.2) is 30.6 Å². The van der Waals surface area contributed by atoms with Crippen molar-refractivity contribution in [2.75, 3.05) is 13.7 Å². The Morgan fingerprint density at radius 2 is 1.46 bits per heavy atom. The monoisotopic (exact) mass is 520 g/mol. The van der Waals surface area contributed by atoms with E-state index in [1.165, 1.54) is 6.92 Å². The number of carbonyl (C=O) groups excluding carboxylic acids is 2. The van der Waals surface area contributed by atoms with Gasteiger partial charge in [0.2, 0.25) is 0 Å². The molecule has 0 bridgehead atoms. The second kappa shape index (κ2) is 10.2. The van der Waals surface area contributed by atoms with Crippen molar-refractivity contribution in [3.63, 3.8) is 0 Å². The Bertz CT molecular complexity index is 1040. The van der Waals surface area contributed by atoms with Gasteiger partial charge < -0.3 is 14.5 Å². The molecule has 0 fully saturated rings. The average molecular weight is 520 g/mol. The van der Waals surface area contributed by atoms with Crippen molar-refractivity contribution in [2.24, 2.45) is 0 Å². The number of methoxy groups -OCH3 is 1. The fourth-order valence-electron chi connectivity index (χ4n) is 3.01. The molecule has 0 aliphatic rings. The van der Waals surface area contributed by atoms with Crippen molar-refractivity contribution in [3.05, 3.63) is 57.9 Å². The summed E-state index contributed by atoms with van der Waals surface area (Å²) >= 11 is 0. The molecule has 0 aliphatic heterocycles. The molecule has 2 rings (SSSR count). The third-order valence-electron chi connectivity index (χ3n) is 4.54. The van der Waals surface area contributed by atoms with E-state index in [0.717, 1.165) is 7.11 Å². The van der Waals surface area contributed by atoms with Crippen LogP contribution in [0.3, 0.4) is 0 Å². The maximum Gasteiger partial charge on any atom is 0.418 e. The summed E-state index contributed by atoms with van der Waals surface area (Å²) in [6.45, 7) is 0.395. The highest BCUT2D eigenvalue weighted by atomic mass is 19.4. The summed E-state index contributed by atoms with van der Waals surface area (Å²) in [6.07, 6.45) is -15.4. The van der Waals surface area contributed by atoms with Crippen molar-refractivity contribution < 1.29 is 58.6 Å². The van der Waals surface area contributed by atoms with Gasteiger partial charge in [-0.1, -0.05) is 0 Å². The fraction of sp³-hybridized carbons (Fsp3) is 0.400. The van der Waals surface area contributed by atoms with Gasteiger partial charge in [0.25, 0.3) is 0 Å². The Hall–Kier alpha value is -3.23. The highest BCUT2D eigenvalue weighted by Gasteiger charge is 2.39. The molecule has 2 aromatic rings. The lowest BCUT2D eigenvalue weighted by Crippen LogP contribution is -2.30. The normalized spacial score (nSPS) is 13.5. The third kappa shape index (κ3) is 6.90. The highest BCUT2D eigenvalue weighted by molar-refractivity contribution is 5.89. The Kier molecular flexibility index (Phi) is 8.14. The number of benzene rings is 1. The van der Waals surface area contributed by atoms with Crippen LogP contribution in [0.5, 0.6) is 0 Å². The summed E-state index contributed by atoms with van der Waals surface area (Å²) in [5.41, 5.74) is -6.96. The minimum absolute atomic E-state index is 0.149. The standard InChI is InChI=1S/C20H17F9N2O4/c1-3-35-17(33)15-13(20(27,28)29)7-12(31-15)8-30-14(16(32)34-2)9-4-10(18(21,22)23)6-11(5-9)19(24,25)26/h4-7,14,30-31H,3,8H2,1-2H3. The van der Waals surface area contributed by atoms with Gasteiger partial charge in [-0.2, -0.15) is 39.5 Å². The number of rotatable bonds is 7. The van der Waals surface area contributed by atoms with E-state index in [4.69, 9.17) is 0 Å². The molecule has 0 saturated heterocycles. The zero-order chi connectivity index (χ0) is 26.8. The van der Waals surface area contributed by atoms with E-state index in [9.17, 15) is 49.1 Å². The minimum Gasteiger partial charge on any atom is -0.468 e. The molecule has 1 aromatic carbocycles. The van der Waals surface area contributed by atoms with E-state index in [0.29, 0.717) is 6.07 Å². The molecule has 0 saturated carbocycles. The number of hydrogen-bond acceptors (Lipinski definition) is 5. The van der Waals surface area contributed by atoms with Crippen molar-refractivity contribution in [1.82, 2.24) is 10.3 Å². The van der Waals surface area contributed by atoms with E-state index in [2.05, 4.69) is 19.8 Å². The molecule has 1 aromatic heterocycles. The van der Waals surface area contributed by atoms with Crippen LogP contribution in [0.15, 0.2) is 24.3 Å². The summed E-state index contributed by atoms with van der Waals surface area (Å²) < 4.78 is 128. The molecule has 0 spiro atoms. The molecule has 1 atom stereocenters. The summed E-state index contributed by atoms with van der Waals surface area (Å²) in [5, 5.41) is 2.26. The fourth-order valence-corrected chi connectivity index (χ4v) is 3.01. The predicted octanol–water partition coefficient (Wildman–Crippen LogP) is 5.25. The van der Waals surface area contributed by atoms with Crippen molar-refractivity contribution in [2.45, 2.75) is 38.0 Å². The van der Waals surface area contributed by atoms with Gasteiger partial charge in [-0.25, -0.2) is 9.59 Å². The smallest absolute Gasteiger partial charge is 0.418 e. The lowest BCUT2D eigenvalue weighted by Gasteiger charge is -2.20. The Morgan fingerprint density at radius 1 is 0.914 bits per heavy atom. The van der Waals surface area contributed by atoms with E-state index < -0.39 is 71.0 Å². The molecule has 0 amide bonds. The number of halogens is 9. The molecule has 1 unspecified atom stereocenters. The van der Waals surface area contributed by atoms with E-state index in [1.807, 2.05) is 0 Å². The predicted molar refractivity (Wildman–Crippen MR) is 99.8 cm³/mol. The number of nitrogens with one attached hydrogen (secondary N) is 2. The summed E-state index contributed by atoms with van der Waals surface area (Å²) in [5.74, 6) is -2.66. The summed E-state index contributed by atoms with van der Waals surface area (Å²) in [7, 11) is 0.810. The van der Waals surface area contributed by atoms with Crippen LogP contribution in [0, 0.1) is 0 Å². The van der Waals surface area contributed by atoms with Crippen LogP contribution < -0.4 is 5.32 Å². The number of H-pyrrole nitrogens is 1. The second-order valence-electron chi connectivity index (χ2n) is 6.98. The Balaban J connectivity index is 2.49. The molecule has 6 nitrogen and oxygen atoms in total. The van der Waals surface area contributed by atoms with Crippen LogP contribution in [-0.2, 0) is 39.3 Å². The number of aromatic nitrogens is 1. The molecular formula is C20H17F9N2O4. The molecule has 0 aliphatic carbocycles. The van der Waals surface area contributed by atoms with Gasteiger partial charge in [0.1, 0.15) is 11.7 Å². The van der Waals surface area contributed by atoms with Gasteiger partial charge >= 0.3 is 30.5 Å². The lowest BCUT2D eigenvalue weighted by atomic mass is 9.99. The summed E-state index contributed by atoms with van der Waals surface area (Å²) in [6, 6.07) is -1.04. The molecular weight excluding hydrogens is 503 g/mol. The summed E-state index contributed by atoms with van der Waals surface area (Å²) in [4.78, 5) is 26.1. The van der Waals surface area contributed by atoms with Crippen LogP contribution in [0.4, 0.5) is 39.5 Å². The SMILES string of the molecule is CCOC(=O)c1[nH]c(CNC(C(=O)OC)c2cc(C(F)(F)F)cc(C(F)(F)F)c2)cc1C(F)(F)F. The maximum atomic E-state index is 13.3. The van der Waals surface area contributed by atoms with Crippen LogP contribution in [0.25, 0.3) is 0 Å². The molecule has 0 radical (unpaired) electrons. The molecule has 15 heteroatoms. The van der Waals surface area contributed by atoms with E-state index in [1.54, 1.807) is 0 Å². The first-order valence-electron chi connectivity index (χ1n) is 9.55. The number of ether oxygens (including phenoxy) is 2. The Morgan fingerprint density at radius 3 is 1.89 bits per heavy atom. The zero-order valence-corrected chi connectivity index (χ0v) is 17.8. The first-order chi connectivity index (χ1) is 16.0. The number of carbonyl (C=O) groups is 2. The van der Waals surface area contributed by atoms with Crippen LogP contribution >= 0.6 is 0 Å². The lowest BCUT2D eigenvalue weighted by molar-refractivity contribution is -0.146. The van der Waals surface area contributed by atoms with Crippen molar-refractivity contribution >= 4 is 11.9 Å². The van der Waals surface area contributed by atoms with Crippen LogP contribution in [0.2, 0.25) is 0 Å². The topological polar surface area (TPSA) is 80.4 Å². The number of hydrogen-bond donors (Lipinski definition) is 2. The average Bonchev–Trinajstić information content (AvgIpc) is 3.17. The third-order valence-corrected chi connectivity index (χ3v) is 4.54. The number of aromatic amines is 1. The van der Waals surface area contributed by atoms with Gasteiger partial charge in [0.15, 0.2) is 0 Å². The van der Waals surface area contributed by atoms with Gasteiger partial charge in [0, 0.05) is 12.2 Å². The van der Waals surface area contributed by atoms with Crippen molar-refractivity contribution in [3.8, 4) is 0 Å². The Labute approximate surface area is 191 Å². The first kappa shape index (κ1) is 28.0. The number of alkyl halides is 9. The van der Waals surface area contributed by atoms with Gasteiger partial charge in [-0.3, -0.25) is 5.32 Å². The second-order valence-corrected chi connectivity index (χ2v) is 6.98. The van der Waals surface area contributed by atoms with Gasteiger partial charge in [0.05, 0.1) is 30.4 Å². The molecule has 2 N–H and O–H groups in total.